The van der Waals surface area contributed by atoms with Crippen LogP contribution in [0, 0.1) is 0 Å². The fourth-order valence-electron chi connectivity index (χ4n) is 4.63. The third-order valence-electron chi connectivity index (χ3n) is 6.39. The van der Waals surface area contributed by atoms with Crippen LogP contribution in [-0.2, 0) is 11.3 Å². The van der Waals surface area contributed by atoms with E-state index in [1.54, 1.807) is 0 Å². The number of rotatable bonds is 5. The van der Waals surface area contributed by atoms with Crippen LogP contribution >= 0.6 is 24.8 Å². The molecule has 0 atom stereocenters. The highest BCUT2D eigenvalue weighted by Crippen LogP contribution is 2.28. The van der Waals surface area contributed by atoms with Gasteiger partial charge < -0.3 is 9.30 Å². The van der Waals surface area contributed by atoms with Crippen LogP contribution in [0.25, 0.3) is 39.2 Å². The number of morpholine rings is 1. The van der Waals surface area contributed by atoms with E-state index >= 15 is 0 Å². The highest BCUT2D eigenvalue weighted by molar-refractivity contribution is 5.85. The molecule has 3 heterocycles. The highest BCUT2D eigenvalue weighted by Gasteiger charge is 2.16. The molecule has 0 unspecified atom stereocenters. The first-order chi connectivity index (χ1) is 15.9. The van der Waals surface area contributed by atoms with E-state index in [0.717, 1.165) is 56.4 Å². The molecule has 1 saturated heterocycles. The second kappa shape index (κ2) is 10.6. The number of aromatic nitrogens is 3. The van der Waals surface area contributed by atoms with Crippen LogP contribution in [0.3, 0.4) is 0 Å². The van der Waals surface area contributed by atoms with Crippen molar-refractivity contribution in [2.45, 2.75) is 6.54 Å². The van der Waals surface area contributed by atoms with Gasteiger partial charge in [-0.3, -0.25) is 9.30 Å². The second-order valence-corrected chi connectivity index (χ2v) is 8.33. The summed E-state index contributed by atoms with van der Waals surface area (Å²) >= 11 is 0. The molecule has 2 aromatic heterocycles. The van der Waals surface area contributed by atoms with Gasteiger partial charge in [-0.25, -0.2) is 4.98 Å². The van der Waals surface area contributed by atoms with E-state index in [1.165, 1.54) is 22.2 Å². The quantitative estimate of drug-likeness (QED) is 0.309. The number of ether oxygens (including phenoxy) is 1. The van der Waals surface area contributed by atoms with Gasteiger partial charge in [0.1, 0.15) is 0 Å². The maximum atomic E-state index is 5.50. The zero-order valence-corrected chi connectivity index (χ0v) is 20.5. The summed E-state index contributed by atoms with van der Waals surface area (Å²) in [4.78, 5) is 7.54. The number of hydrogen-bond donors (Lipinski definition) is 0. The first kappa shape index (κ1) is 24.3. The lowest BCUT2D eigenvalue weighted by molar-refractivity contribution is 0.0366. The van der Waals surface area contributed by atoms with Gasteiger partial charge in [0, 0.05) is 37.9 Å². The van der Waals surface area contributed by atoms with Gasteiger partial charge in [0.05, 0.1) is 29.9 Å². The molecule has 1 aliphatic rings. The molecule has 34 heavy (non-hydrogen) atoms. The van der Waals surface area contributed by atoms with Crippen LogP contribution in [0.15, 0.2) is 85.1 Å². The summed E-state index contributed by atoms with van der Waals surface area (Å²) in [6, 6.07) is 27.8. The Hall–Kier alpha value is -2.83. The van der Waals surface area contributed by atoms with Crippen molar-refractivity contribution in [3.63, 3.8) is 0 Å². The molecule has 1 fully saturated rings. The van der Waals surface area contributed by atoms with Gasteiger partial charge in [-0.1, -0.05) is 66.7 Å². The maximum absolute atomic E-state index is 5.50. The minimum Gasteiger partial charge on any atom is -0.379 e. The number of para-hydroxylation sites is 2. The summed E-state index contributed by atoms with van der Waals surface area (Å²) in [6.07, 6.45) is 2.17. The summed E-state index contributed by atoms with van der Waals surface area (Å²) in [5.74, 6) is 1.00. The van der Waals surface area contributed by atoms with Crippen LogP contribution in [0.1, 0.15) is 0 Å². The first-order valence-electron chi connectivity index (χ1n) is 11.3. The van der Waals surface area contributed by atoms with Crippen molar-refractivity contribution in [3.05, 3.63) is 85.1 Å². The van der Waals surface area contributed by atoms with Crippen molar-refractivity contribution < 1.29 is 4.74 Å². The third-order valence-corrected chi connectivity index (χ3v) is 6.39. The minimum atomic E-state index is 0. The molecular formula is C27H28Cl2N4O. The van der Waals surface area contributed by atoms with Crippen LogP contribution in [0.2, 0.25) is 0 Å². The zero-order valence-electron chi connectivity index (χ0n) is 18.8. The Labute approximate surface area is 211 Å². The molecule has 0 N–H and O–H groups in total. The van der Waals surface area contributed by atoms with Crippen molar-refractivity contribution in [2.75, 3.05) is 32.8 Å². The molecule has 5 nitrogen and oxygen atoms in total. The fraction of sp³-hybridized carbons (Fsp3) is 0.222. The van der Waals surface area contributed by atoms with Crippen LogP contribution in [0.5, 0.6) is 0 Å². The van der Waals surface area contributed by atoms with Gasteiger partial charge in [0.25, 0.3) is 0 Å². The van der Waals surface area contributed by atoms with Crippen molar-refractivity contribution in [2.24, 2.45) is 0 Å². The van der Waals surface area contributed by atoms with Crippen LogP contribution in [-0.4, -0.2) is 51.7 Å². The van der Waals surface area contributed by atoms with E-state index in [9.17, 15) is 0 Å². The number of benzene rings is 3. The predicted molar refractivity (Wildman–Crippen MR) is 143 cm³/mol. The van der Waals surface area contributed by atoms with Gasteiger partial charge in [-0.05, 0) is 23.3 Å². The molecular weight excluding hydrogens is 467 g/mol. The molecule has 1 aliphatic heterocycles. The second-order valence-electron chi connectivity index (χ2n) is 8.33. The van der Waals surface area contributed by atoms with E-state index < -0.39 is 0 Å². The molecule has 0 aliphatic carbocycles. The van der Waals surface area contributed by atoms with Gasteiger partial charge >= 0.3 is 0 Å². The van der Waals surface area contributed by atoms with Gasteiger partial charge in [0.15, 0.2) is 0 Å². The van der Waals surface area contributed by atoms with Crippen LogP contribution < -0.4 is 0 Å². The first-order valence-corrected chi connectivity index (χ1v) is 11.3. The lowest BCUT2D eigenvalue weighted by atomic mass is 10.0. The lowest BCUT2D eigenvalue weighted by Crippen LogP contribution is -2.38. The van der Waals surface area contributed by atoms with Crippen molar-refractivity contribution in [3.8, 4) is 22.4 Å². The maximum Gasteiger partial charge on any atom is 0.215 e. The highest BCUT2D eigenvalue weighted by atomic mass is 35.5. The monoisotopic (exact) mass is 494 g/mol. The molecule has 5 aromatic rings. The van der Waals surface area contributed by atoms with E-state index in [1.807, 2.05) is 6.07 Å². The standard InChI is InChI=1S/C27H26N4O.2ClH/c1-2-6-21(7-3-1)22-10-12-23(13-11-22)24-20-31-26-9-5-4-8-25(26)30(27(31)28-24)15-14-29-16-18-32-19-17-29;;/h1-13,20H,14-19H2;2*1H. The summed E-state index contributed by atoms with van der Waals surface area (Å²) in [5, 5.41) is 0. The molecule has 0 spiro atoms. The lowest BCUT2D eigenvalue weighted by Gasteiger charge is -2.26. The number of imidazole rings is 2. The van der Waals surface area contributed by atoms with Gasteiger partial charge in [-0.15, -0.1) is 24.8 Å². The Balaban J connectivity index is 0.00000137. The summed E-state index contributed by atoms with van der Waals surface area (Å²) < 4.78 is 10.1. The molecule has 176 valence electrons. The SMILES string of the molecule is Cl.Cl.c1ccc(-c2ccc(-c3cn4c5ccccc5n(CCN5CCOCC5)c4n3)cc2)cc1. The third kappa shape index (κ3) is 4.57. The van der Waals surface area contributed by atoms with Crippen molar-refractivity contribution in [1.29, 1.82) is 0 Å². The Morgan fingerprint density at radius 1 is 0.676 bits per heavy atom. The zero-order chi connectivity index (χ0) is 21.3. The molecule has 0 amide bonds. The van der Waals surface area contributed by atoms with E-state index in [4.69, 9.17) is 9.72 Å². The Morgan fingerprint density at radius 3 is 2.03 bits per heavy atom. The number of fused-ring (bicyclic) bond motifs is 3. The molecule has 0 saturated carbocycles. The number of hydrogen-bond acceptors (Lipinski definition) is 3. The van der Waals surface area contributed by atoms with Gasteiger partial charge in [0.2, 0.25) is 5.78 Å². The number of nitrogens with zero attached hydrogens (tertiary/aromatic N) is 4. The minimum absolute atomic E-state index is 0. The smallest absolute Gasteiger partial charge is 0.215 e. The van der Waals surface area contributed by atoms with Crippen molar-refractivity contribution >= 4 is 41.6 Å². The topological polar surface area (TPSA) is 34.7 Å². The average Bonchev–Trinajstić information content (AvgIpc) is 3.42. The molecule has 7 heteroatoms. The van der Waals surface area contributed by atoms with E-state index in [-0.39, 0.29) is 24.8 Å². The molecule has 6 rings (SSSR count). The van der Waals surface area contributed by atoms with Gasteiger partial charge in [-0.2, -0.15) is 0 Å². The molecule has 0 bridgehead atoms. The Bertz CT molecular complexity index is 1360. The summed E-state index contributed by atoms with van der Waals surface area (Å²) in [6.45, 7) is 5.58. The number of halogens is 2. The van der Waals surface area contributed by atoms with Crippen LogP contribution in [0.4, 0.5) is 0 Å². The average molecular weight is 495 g/mol. The summed E-state index contributed by atoms with van der Waals surface area (Å²) in [5.41, 5.74) is 7.02. The van der Waals surface area contributed by atoms with Crippen molar-refractivity contribution in [1.82, 2.24) is 18.9 Å². The largest absolute Gasteiger partial charge is 0.379 e. The Kier molecular flexibility index (Phi) is 7.59. The molecule has 3 aromatic carbocycles. The van der Waals surface area contributed by atoms with E-state index in [2.05, 4.69) is 92.9 Å². The molecule has 0 radical (unpaired) electrons. The Morgan fingerprint density at radius 2 is 1.29 bits per heavy atom. The predicted octanol–water partition coefficient (Wildman–Crippen LogP) is 5.80. The summed E-state index contributed by atoms with van der Waals surface area (Å²) in [7, 11) is 0. The van der Waals surface area contributed by atoms with E-state index in [0.29, 0.717) is 0 Å². The fourth-order valence-corrected chi connectivity index (χ4v) is 4.63. The normalized spacial score (nSPS) is 14.1.